The quantitative estimate of drug-likeness (QED) is 0.0559. The van der Waals surface area contributed by atoms with Crippen molar-refractivity contribution in [3.05, 3.63) is 0 Å². The molecule has 0 saturated heterocycles. The molecule has 0 aromatic carbocycles. The number of hydrazine groups is 1. The topological polar surface area (TPSA) is 304 Å². The first-order chi connectivity index (χ1) is 16.9. The average Bonchev–Trinajstić information content (AvgIpc) is 2.80. The Morgan fingerprint density at radius 3 is 1.47 bits per heavy atom. The van der Waals surface area contributed by atoms with Gasteiger partial charge in [0.25, 0.3) is 0 Å². The molecular formula is C18H28N6O12. The summed E-state index contributed by atoms with van der Waals surface area (Å²) >= 11 is 0. The van der Waals surface area contributed by atoms with Crippen LogP contribution >= 0.6 is 0 Å². The number of aliphatic carboxylic acids is 2. The summed E-state index contributed by atoms with van der Waals surface area (Å²) < 4.78 is 0. The number of carbonyl (C=O) groups is 8. The number of aliphatic hydroxyl groups is 2. The lowest BCUT2D eigenvalue weighted by Gasteiger charge is -2.24. The van der Waals surface area contributed by atoms with E-state index in [1.165, 1.54) is 0 Å². The molecular weight excluding hydrogens is 492 g/mol. The molecule has 0 bridgehead atoms. The van der Waals surface area contributed by atoms with Crippen LogP contribution in [0.3, 0.4) is 0 Å². The van der Waals surface area contributed by atoms with Crippen LogP contribution in [0.2, 0.25) is 0 Å². The number of rotatable bonds is 19. The number of carboxylic acids is 2. The van der Waals surface area contributed by atoms with Crippen molar-refractivity contribution >= 4 is 48.1 Å². The molecule has 0 aromatic rings. The molecule has 0 saturated carbocycles. The van der Waals surface area contributed by atoms with Crippen molar-refractivity contribution < 1.29 is 58.8 Å². The standard InChI is InChI=1S/C18H28N6O12/c19-13(29)1-8(4-25)20-17(35)11(6-27)22-18(36)12(7-28)21-16(34)10(3-15(32)33)24-23-9(5-26)2-14(30)31/h4-5,8-12,23-24,27-28H,1-3,6-7H2,(H2,19,29)(H,20,35)(H,21,34)(H,22,36)(H,30,31)(H,32,33)/t8-,9-,10-,11-,12-/m0/s1. The number of carbonyl (C=O) groups excluding carboxylic acids is 6. The van der Waals surface area contributed by atoms with Gasteiger partial charge >= 0.3 is 11.9 Å². The number of primary amides is 1. The molecule has 0 fully saturated rings. The van der Waals surface area contributed by atoms with Crippen LogP contribution in [-0.2, 0) is 38.4 Å². The third-order valence-corrected chi connectivity index (χ3v) is 4.24. The molecule has 18 heteroatoms. The van der Waals surface area contributed by atoms with Gasteiger partial charge < -0.3 is 51.7 Å². The van der Waals surface area contributed by atoms with E-state index < -0.39 is 98.3 Å². The summed E-state index contributed by atoms with van der Waals surface area (Å²) in [5.74, 6) is -7.24. The summed E-state index contributed by atoms with van der Waals surface area (Å²) in [6.07, 6.45) is -1.76. The van der Waals surface area contributed by atoms with E-state index in [9.17, 15) is 48.6 Å². The highest BCUT2D eigenvalue weighted by molar-refractivity contribution is 5.94. The first-order valence-corrected chi connectivity index (χ1v) is 10.1. The molecule has 0 aliphatic heterocycles. The third-order valence-electron chi connectivity index (χ3n) is 4.24. The summed E-state index contributed by atoms with van der Waals surface area (Å²) in [6.45, 7) is -2.03. The van der Waals surface area contributed by atoms with Gasteiger partial charge in [-0.1, -0.05) is 0 Å². The van der Waals surface area contributed by atoms with Crippen molar-refractivity contribution in [2.75, 3.05) is 13.2 Å². The smallest absolute Gasteiger partial charge is 0.305 e. The number of aldehydes is 2. The van der Waals surface area contributed by atoms with Crippen LogP contribution in [0, 0.1) is 0 Å². The molecule has 0 heterocycles. The van der Waals surface area contributed by atoms with E-state index >= 15 is 0 Å². The highest BCUT2D eigenvalue weighted by Crippen LogP contribution is 1.97. The van der Waals surface area contributed by atoms with Crippen LogP contribution in [-0.4, -0.2) is 112 Å². The van der Waals surface area contributed by atoms with Gasteiger partial charge in [0, 0.05) is 0 Å². The van der Waals surface area contributed by atoms with Gasteiger partial charge in [0.1, 0.15) is 30.7 Å². The Labute approximate surface area is 202 Å². The molecule has 202 valence electrons. The van der Waals surface area contributed by atoms with Crippen molar-refractivity contribution in [1.29, 1.82) is 0 Å². The largest absolute Gasteiger partial charge is 0.481 e. The maximum absolute atomic E-state index is 12.5. The lowest BCUT2D eigenvalue weighted by atomic mass is 10.1. The van der Waals surface area contributed by atoms with Crippen molar-refractivity contribution in [3.8, 4) is 0 Å². The van der Waals surface area contributed by atoms with Crippen molar-refractivity contribution in [2.45, 2.75) is 49.5 Å². The van der Waals surface area contributed by atoms with Crippen molar-refractivity contribution in [2.24, 2.45) is 5.73 Å². The van der Waals surface area contributed by atoms with Crippen LogP contribution in [0.5, 0.6) is 0 Å². The number of nitrogens with one attached hydrogen (secondary N) is 5. The molecule has 36 heavy (non-hydrogen) atoms. The van der Waals surface area contributed by atoms with E-state index in [0.717, 1.165) is 0 Å². The Bertz CT molecular complexity index is 837. The lowest BCUT2D eigenvalue weighted by Crippen LogP contribution is -2.60. The molecule has 0 aliphatic carbocycles. The molecule has 0 aliphatic rings. The van der Waals surface area contributed by atoms with Gasteiger partial charge in [-0.3, -0.25) is 28.8 Å². The van der Waals surface area contributed by atoms with E-state index in [-0.39, 0.29) is 12.6 Å². The van der Waals surface area contributed by atoms with E-state index in [1.54, 1.807) is 0 Å². The maximum atomic E-state index is 12.5. The lowest BCUT2D eigenvalue weighted by molar-refractivity contribution is -0.141. The van der Waals surface area contributed by atoms with Crippen molar-refractivity contribution in [3.63, 3.8) is 0 Å². The summed E-state index contributed by atoms with van der Waals surface area (Å²) in [6, 6.07) is -7.78. The van der Waals surface area contributed by atoms with Gasteiger partial charge in [0.05, 0.1) is 44.6 Å². The fourth-order valence-corrected chi connectivity index (χ4v) is 2.48. The number of amides is 4. The second-order valence-electron chi connectivity index (χ2n) is 7.19. The Hall–Kier alpha value is -4.00. The van der Waals surface area contributed by atoms with Crippen LogP contribution < -0.4 is 32.5 Å². The number of hydrogen-bond acceptors (Lipinski definition) is 12. The van der Waals surface area contributed by atoms with Crippen LogP contribution in [0.25, 0.3) is 0 Å². The zero-order valence-electron chi connectivity index (χ0n) is 18.7. The molecule has 18 nitrogen and oxygen atoms in total. The van der Waals surface area contributed by atoms with Gasteiger partial charge in [0.15, 0.2) is 0 Å². The van der Waals surface area contributed by atoms with Crippen LogP contribution in [0.4, 0.5) is 0 Å². The molecule has 0 unspecified atom stereocenters. The molecule has 11 N–H and O–H groups in total. The maximum Gasteiger partial charge on any atom is 0.305 e. The van der Waals surface area contributed by atoms with Crippen molar-refractivity contribution in [1.82, 2.24) is 26.8 Å². The van der Waals surface area contributed by atoms with Gasteiger partial charge in [0.2, 0.25) is 23.6 Å². The number of nitrogens with two attached hydrogens (primary N) is 1. The highest BCUT2D eigenvalue weighted by Gasteiger charge is 2.30. The van der Waals surface area contributed by atoms with Gasteiger partial charge in [-0.05, 0) is 0 Å². The first-order valence-electron chi connectivity index (χ1n) is 10.1. The minimum Gasteiger partial charge on any atom is -0.481 e. The van der Waals surface area contributed by atoms with E-state index in [1.807, 2.05) is 10.6 Å². The predicted molar refractivity (Wildman–Crippen MR) is 114 cm³/mol. The zero-order chi connectivity index (χ0) is 27.8. The normalized spacial score (nSPS) is 14.7. The second kappa shape index (κ2) is 16.6. The summed E-state index contributed by atoms with van der Waals surface area (Å²) in [5.41, 5.74) is 9.26. The summed E-state index contributed by atoms with van der Waals surface area (Å²) in [7, 11) is 0. The minimum absolute atomic E-state index is 0.194. The molecule has 0 rings (SSSR count). The minimum atomic E-state index is -1.76. The summed E-state index contributed by atoms with van der Waals surface area (Å²) in [5, 5.41) is 42.6. The zero-order valence-corrected chi connectivity index (χ0v) is 18.7. The first kappa shape index (κ1) is 32.0. The average molecular weight is 520 g/mol. The van der Waals surface area contributed by atoms with Gasteiger partial charge in [-0.15, -0.1) is 0 Å². The van der Waals surface area contributed by atoms with Gasteiger partial charge in [-0.25, -0.2) is 10.9 Å². The monoisotopic (exact) mass is 520 g/mol. The van der Waals surface area contributed by atoms with E-state index in [4.69, 9.17) is 15.9 Å². The Morgan fingerprint density at radius 2 is 1.08 bits per heavy atom. The van der Waals surface area contributed by atoms with Crippen LogP contribution in [0.1, 0.15) is 19.3 Å². The number of hydrogen-bond donors (Lipinski definition) is 10. The van der Waals surface area contributed by atoms with Crippen LogP contribution in [0.15, 0.2) is 0 Å². The fraction of sp³-hybridized carbons (Fsp3) is 0.556. The molecule has 0 aromatic heterocycles. The third kappa shape index (κ3) is 12.5. The Balaban J connectivity index is 5.27. The van der Waals surface area contributed by atoms with Gasteiger partial charge in [-0.2, -0.15) is 0 Å². The molecule has 5 atom stereocenters. The SMILES string of the molecule is NC(=O)C[C@@H](C=O)NC(=O)[C@H](CO)NC(=O)[C@H](CO)NC(=O)[C@H](CC(=O)O)NN[C@H](C=O)CC(=O)O. The molecule has 0 radical (unpaired) electrons. The molecule has 4 amide bonds. The Kier molecular flexibility index (Phi) is 14.8. The number of carboxylic acid groups (broad SMARTS) is 2. The van der Waals surface area contributed by atoms with E-state index in [0.29, 0.717) is 0 Å². The highest BCUT2D eigenvalue weighted by atomic mass is 16.4. The Morgan fingerprint density at radius 1 is 0.639 bits per heavy atom. The second-order valence-corrected chi connectivity index (χ2v) is 7.19. The fourth-order valence-electron chi connectivity index (χ4n) is 2.48. The van der Waals surface area contributed by atoms with E-state index in [2.05, 4.69) is 16.2 Å². The predicted octanol–water partition coefficient (Wildman–Crippen LogP) is -6.52. The molecule has 0 spiro atoms. The number of aliphatic hydroxyl groups excluding tert-OH is 2. The summed E-state index contributed by atoms with van der Waals surface area (Å²) in [4.78, 5) is 91.6.